The van der Waals surface area contributed by atoms with Crippen molar-refractivity contribution in [3.63, 3.8) is 0 Å². The van der Waals surface area contributed by atoms with Crippen LogP contribution in [0, 0.1) is 0 Å². The van der Waals surface area contributed by atoms with Crippen molar-refractivity contribution in [3.05, 3.63) is 35.9 Å². The summed E-state index contributed by atoms with van der Waals surface area (Å²) in [6.07, 6.45) is 3.19. The molecule has 0 aliphatic heterocycles. The largest absolute Gasteiger partial charge is 0.362 e. The summed E-state index contributed by atoms with van der Waals surface area (Å²) in [6.45, 7) is 2.84. The number of benzene rings is 1. The lowest BCUT2D eigenvalue weighted by molar-refractivity contribution is -0.141. The van der Waals surface area contributed by atoms with Crippen LogP contribution in [0.3, 0.4) is 0 Å². The molecule has 0 fully saturated rings. The number of amides is 2. The van der Waals surface area contributed by atoms with Crippen LogP contribution in [-0.4, -0.2) is 42.9 Å². The van der Waals surface area contributed by atoms with Gasteiger partial charge in [-0.1, -0.05) is 18.2 Å². The van der Waals surface area contributed by atoms with E-state index in [1.807, 2.05) is 31.2 Å². The van der Waals surface area contributed by atoms with Crippen LogP contribution in [-0.2, 0) is 19.1 Å². The van der Waals surface area contributed by atoms with E-state index < -0.39 is 11.8 Å². The predicted molar refractivity (Wildman–Crippen MR) is 84.0 cm³/mol. The number of para-hydroxylation sites is 1. The quantitative estimate of drug-likeness (QED) is 0.471. The number of carbonyl (C=O) groups is 3. The van der Waals surface area contributed by atoms with Crippen molar-refractivity contribution in [2.24, 2.45) is 0 Å². The summed E-state index contributed by atoms with van der Waals surface area (Å²) in [7, 11) is 1.59. The standard InChI is InChI=1S/C16H20N2O4/c1-12(22-3)17-15-7-5-4-6-14(15)8-9-16(21)18(10-11-19)13(2)20/h4-9,11-12,17H,10H2,1-3H3/b9-8+. The first kappa shape index (κ1) is 17.6. The number of rotatable bonds is 7. The molecule has 1 rings (SSSR count). The maximum absolute atomic E-state index is 12.0. The van der Waals surface area contributed by atoms with E-state index in [1.54, 1.807) is 13.2 Å². The van der Waals surface area contributed by atoms with E-state index in [0.717, 1.165) is 16.2 Å². The van der Waals surface area contributed by atoms with Crippen LogP contribution in [0.2, 0.25) is 0 Å². The van der Waals surface area contributed by atoms with Crippen LogP contribution < -0.4 is 5.32 Å². The Morgan fingerprint density at radius 3 is 2.64 bits per heavy atom. The van der Waals surface area contributed by atoms with Crippen molar-refractivity contribution in [2.45, 2.75) is 20.1 Å². The second kappa shape index (κ2) is 8.74. The highest BCUT2D eigenvalue weighted by atomic mass is 16.5. The molecule has 6 heteroatoms. The van der Waals surface area contributed by atoms with Gasteiger partial charge in [0, 0.05) is 25.8 Å². The number of ether oxygens (including phenoxy) is 1. The molecule has 1 atom stereocenters. The molecule has 0 saturated heterocycles. The van der Waals surface area contributed by atoms with E-state index in [1.165, 1.54) is 13.0 Å². The van der Waals surface area contributed by atoms with Crippen LogP contribution >= 0.6 is 0 Å². The lowest BCUT2D eigenvalue weighted by atomic mass is 10.1. The first-order valence-electron chi connectivity index (χ1n) is 6.81. The number of hydrogen-bond donors (Lipinski definition) is 1. The predicted octanol–water partition coefficient (Wildman–Crippen LogP) is 1.68. The van der Waals surface area contributed by atoms with E-state index >= 15 is 0 Å². The molecule has 22 heavy (non-hydrogen) atoms. The molecule has 0 radical (unpaired) electrons. The number of aldehydes is 1. The monoisotopic (exact) mass is 304 g/mol. The second-order valence-electron chi connectivity index (χ2n) is 4.58. The number of imide groups is 1. The fourth-order valence-corrected chi connectivity index (χ4v) is 1.75. The zero-order valence-electron chi connectivity index (χ0n) is 12.9. The maximum atomic E-state index is 12.0. The van der Waals surface area contributed by atoms with Crippen LogP contribution in [0.1, 0.15) is 19.4 Å². The van der Waals surface area contributed by atoms with E-state index in [0.29, 0.717) is 6.29 Å². The zero-order valence-corrected chi connectivity index (χ0v) is 12.9. The van der Waals surface area contributed by atoms with Gasteiger partial charge in [-0.3, -0.25) is 14.5 Å². The number of anilines is 1. The summed E-state index contributed by atoms with van der Waals surface area (Å²) < 4.78 is 5.14. The Bertz CT molecular complexity index is 569. The van der Waals surface area contributed by atoms with E-state index in [-0.39, 0.29) is 12.8 Å². The number of methoxy groups -OCH3 is 1. The first-order valence-corrected chi connectivity index (χ1v) is 6.81. The van der Waals surface area contributed by atoms with Gasteiger partial charge in [-0.25, -0.2) is 0 Å². The van der Waals surface area contributed by atoms with Crippen molar-refractivity contribution in [3.8, 4) is 0 Å². The first-order chi connectivity index (χ1) is 10.5. The molecule has 0 saturated carbocycles. The average molecular weight is 304 g/mol. The highest BCUT2D eigenvalue weighted by molar-refractivity contribution is 6.03. The molecule has 1 N–H and O–H groups in total. The summed E-state index contributed by atoms with van der Waals surface area (Å²) in [5, 5.41) is 3.14. The summed E-state index contributed by atoms with van der Waals surface area (Å²) in [5.74, 6) is -1.00. The van der Waals surface area contributed by atoms with Crippen molar-refractivity contribution >= 4 is 29.9 Å². The van der Waals surface area contributed by atoms with E-state index in [2.05, 4.69) is 5.32 Å². The number of carbonyl (C=O) groups excluding carboxylic acids is 3. The molecule has 0 heterocycles. The summed E-state index contributed by atoms with van der Waals surface area (Å²) in [6, 6.07) is 7.37. The summed E-state index contributed by atoms with van der Waals surface area (Å²) >= 11 is 0. The van der Waals surface area contributed by atoms with Crippen LogP contribution in [0.5, 0.6) is 0 Å². The fourth-order valence-electron chi connectivity index (χ4n) is 1.75. The minimum Gasteiger partial charge on any atom is -0.362 e. The van der Waals surface area contributed by atoms with Gasteiger partial charge < -0.3 is 14.8 Å². The van der Waals surface area contributed by atoms with Gasteiger partial charge in [-0.2, -0.15) is 0 Å². The highest BCUT2D eigenvalue weighted by Gasteiger charge is 2.14. The molecule has 0 aliphatic rings. The lowest BCUT2D eigenvalue weighted by Gasteiger charge is -2.16. The van der Waals surface area contributed by atoms with Crippen molar-refractivity contribution in [1.29, 1.82) is 0 Å². The highest BCUT2D eigenvalue weighted by Crippen LogP contribution is 2.18. The maximum Gasteiger partial charge on any atom is 0.253 e. The Labute approximate surface area is 129 Å². The van der Waals surface area contributed by atoms with E-state index in [9.17, 15) is 14.4 Å². The Morgan fingerprint density at radius 2 is 2.05 bits per heavy atom. The van der Waals surface area contributed by atoms with Gasteiger partial charge in [0.2, 0.25) is 5.91 Å². The van der Waals surface area contributed by atoms with Gasteiger partial charge in [-0.05, 0) is 24.6 Å². The molecule has 0 bridgehead atoms. The van der Waals surface area contributed by atoms with Crippen molar-refractivity contribution in [2.75, 3.05) is 19.0 Å². The normalized spacial score (nSPS) is 12.0. The minimum atomic E-state index is -0.533. The molecule has 1 unspecified atom stereocenters. The third-order valence-corrected chi connectivity index (χ3v) is 2.98. The molecule has 1 aromatic rings. The molecule has 1 aromatic carbocycles. The number of nitrogens with zero attached hydrogens (tertiary/aromatic N) is 1. The fraction of sp³-hybridized carbons (Fsp3) is 0.312. The van der Waals surface area contributed by atoms with Gasteiger partial charge in [0.25, 0.3) is 5.91 Å². The third kappa shape index (κ3) is 5.14. The molecule has 6 nitrogen and oxygen atoms in total. The van der Waals surface area contributed by atoms with Gasteiger partial charge in [0.15, 0.2) is 0 Å². The summed E-state index contributed by atoms with van der Waals surface area (Å²) in [5.41, 5.74) is 1.57. The van der Waals surface area contributed by atoms with Gasteiger partial charge in [-0.15, -0.1) is 0 Å². The molecular weight excluding hydrogens is 284 g/mol. The number of nitrogens with one attached hydrogen (secondary N) is 1. The van der Waals surface area contributed by atoms with Crippen LogP contribution in [0.4, 0.5) is 5.69 Å². The molecule has 0 spiro atoms. The topological polar surface area (TPSA) is 75.7 Å². The lowest BCUT2D eigenvalue weighted by Crippen LogP contribution is -2.35. The third-order valence-electron chi connectivity index (χ3n) is 2.98. The molecule has 0 aromatic heterocycles. The Morgan fingerprint density at radius 1 is 1.36 bits per heavy atom. The van der Waals surface area contributed by atoms with Crippen LogP contribution in [0.25, 0.3) is 6.08 Å². The minimum absolute atomic E-state index is 0.186. The zero-order chi connectivity index (χ0) is 16.5. The van der Waals surface area contributed by atoms with Crippen LogP contribution in [0.15, 0.2) is 30.3 Å². The van der Waals surface area contributed by atoms with E-state index in [4.69, 9.17) is 4.74 Å². The Balaban J connectivity index is 2.91. The second-order valence-corrected chi connectivity index (χ2v) is 4.58. The molecule has 118 valence electrons. The van der Waals surface area contributed by atoms with Gasteiger partial charge in [0.05, 0.1) is 6.54 Å². The smallest absolute Gasteiger partial charge is 0.253 e. The van der Waals surface area contributed by atoms with Gasteiger partial charge in [0.1, 0.15) is 12.5 Å². The Hall–Kier alpha value is -2.47. The SMILES string of the molecule is COC(C)Nc1ccccc1/C=C/C(=O)N(CC=O)C(C)=O. The number of hydrogen-bond acceptors (Lipinski definition) is 5. The molecule has 2 amide bonds. The molecular formula is C16H20N2O4. The van der Waals surface area contributed by atoms with Crippen molar-refractivity contribution in [1.82, 2.24) is 4.90 Å². The van der Waals surface area contributed by atoms with Gasteiger partial charge >= 0.3 is 0 Å². The Kier molecular flexibility index (Phi) is 6.98. The average Bonchev–Trinajstić information content (AvgIpc) is 2.50. The molecule has 0 aliphatic carbocycles. The van der Waals surface area contributed by atoms with Crippen molar-refractivity contribution < 1.29 is 19.1 Å². The summed E-state index contributed by atoms with van der Waals surface area (Å²) in [4.78, 5) is 34.7.